The Morgan fingerprint density at radius 3 is 2.31 bits per heavy atom. The van der Waals surface area contributed by atoms with E-state index < -0.39 is 24.2 Å². The average molecular weight is 538 g/mol. The van der Waals surface area contributed by atoms with Gasteiger partial charge < -0.3 is 10.2 Å². The lowest BCUT2D eigenvalue weighted by atomic mass is 9.97. The Balaban J connectivity index is 1.35. The fraction of sp³-hybridized carbons (Fsp3) is 0.360. The molecule has 0 unspecified atom stereocenters. The van der Waals surface area contributed by atoms with Gasteiger partial charge in [-0.2, -0.15) is 18.3 Å². The first-order chi connectivity index (χ1) is 17.2. The summed E-state index contributed by atoms with van der Waals surface area (Å²) < 4.78 is 42.9. The van der Waals surface area contributed by atoms with Gasteiger partial charge in [-0.05, 0) is 23.3 Å². The predicted octanol–water partition coefficient (Wildman–Crippen LogP) is 5.81. The number of amides is 1. The zero-order valence-electron chi connectivity index (χ0n) is 19.2. The van der Waals surface area contributed by atoms with E-state index in [1.54, 1.807) is 29.2 Å². The molecule has 2 atom stereocenters. The van der Waals surface area contributed by atoms with Gasteiger partial charge in [0.25, 0.3) is 5.91 Å². The third-order valence-electron chi connectivity index (χ3n) is 6.68. The van der Waals surface area contributed by atoms with Crippen molar-refractivity contribution in [2.24, 2.45) is 0 Å². The summed E-state index contributed by atoms with van der Waals surface area (Å²) in [7, 11) is 0. The third-order valence-corrected chi connectivity index (χ3v) is 7.29. The Kier molecular flexibility index (Phi) is 6.89. The van der Waals surface area contributed by atoms with E-state index >= 15 is 0 Å². The van der Waals surface area contributed by atoms with Crippen molar-refractivity contribution in [2.75, 3.05) is 31.5 Å². The number of benzene rings is 2. The molecule has 1 N–H and O–H groups in total. The SMILES string of the molecule is O=C(c1nn2c(c1Cl)N[C@@H](c1ccc(Cl)cc1)C[C@H]2C(F)(F)F)N1CCN(Cc2ccccc2)CC1. The molecule has 2 aromatic carbocycles. The maximum absolute atomic E-state index is 14.0. The Morgan fingerprint density at radius 2 is 1.67 bits per heavy atom. The zero-order valence-corrected chi connectivity index (χ0v) is 20.7. The smallest absolute Gasteiger partial charge is 0.362 e. The summed E-state index contributed by atoms with van der Waals surface area (Å²) >= 11 is 12.4. The number of rotatable bonds is 4. The number of halogens is 5. The molecule has 2 aliphatic rings. The number of piperazine rings is 1. The molecule has 0 saturated carbocycles. The van der Waals surface area contributed by atoms with Crippen molar-refractivity contribution < 1.29 is 18.0 Å². The lowest BCUT2D eigenvalue weighted by molar-refractivity contribution is -0.173. The molecule has 3 heterocycles. The predicted molar refractivity (Wildman–Crippen MR) is 132 cm³/mol. The molecule has 5 rings (SSSR count). The molecule has 36 heavy (non-hydrogen) atoms. The summed E-state index contributed by atoms with van der Waals surface area (Å²) in [4.78, 5) is 17.1. The van der Waals surface area contributed by atoms with Gasteiger partial charge in [-0.1, -0.05) is 65.7 Å². The molecule has 0 aliphatic carbocycles. The molecular weight excluding hydrogens is 514 g/mol. The maximum Gasteiger partial charge on any atom is 0.410 e. The molecule has 2 aliphatic heterocycles. The summed E-state index contributed by atoms with van der Waals surface area (Å²) in [5.41, 5.74) is 1.66. The van der Waals surface area contributed by atoms with Crippen molar-refractivity contribution in [3.8, 4) is 0 Å². The first-order valence-electron chi connectivity index (χ1n) is 11.6. The molecule has 1 fully saturated rings. The highest BCUT2D eigenvalue weighted by Gasteiger charge is 2.48. The highest BCUT2D eigenvalue weighted by molar-refractivity contribution is 6.36. The van der Waals surface area contributed by atoms with Crippen LogP contribution in [-0.4, -0.2) is 57.8 Å². The highest BCUT2D eigenvalue weighted by Crippen LogP contribution is 2.46. The lowest BCUT2D eigenvalue weighted by Crippen LogP contribution is -2.48. The zero-order chi connectivity index (χ0) is 25.4. The van der Waals surface area contributed by atoms with Gasteiger partial charge >= 0.3 is 6.18 Å². The summed E-state index contributed by atoms with van der Waals surface area (Å²) in [6, 6.07) is 14.0. The summed E-state index contributed by atoms with van der Waals surface area (Å²) in [6.45, 7) is 2.94. The van der Waals surface area contributed by atoms with E-state index in [1.165, 1.54) is 5.56 Å². The van der Waals surface area contributed by atoms with Crippen LogP contribution in [0.3, 0.4) is 0 Å². The van der Waals surface area contributed by atoms with Crippen molar-refractivity contribution in [3.63, 3.8) is 0 Å². The number of fused-ring (bicyclic) bond motifs is 1. The summed E-state index contributed by atoms with van der Waals surface area (Å²) in [6.07, 6.45) is -4.86. The van der Waals surface area contributed by atoms with Crippen molar-refractivity contribution in [3.05, 3.63) is 81.5 Å². The van der Waals surface area contributed by atoms with E-state index in [0.717, 1.165) is 11.2 Å². The fourth-order valence-corrected chi connectivity index (χ4v) is 5.13. The van der Waals surface area contributed by atoms with Crippen molar-refractivity contribution >= 4 is 34.9 Å². The van der Waals surface area contributed by atoms with Crippen LogP contribution in [0.5, 0.6) is 0 Å². The standard InChI is InChI=1S/C25H24Cl2F3N5O/c26-18-8-6-17(7-9-18)19-14-20(25(28,29)30)35-23(31-19)21(27)22(32-35)24(36)34-12-10-33(11-13-34)15-16-4-2-1-3-5-16/h1-9,19-20,31H,10-15H2/t19-,20+/m1/s1. The van der Waals surface area contributed by atoms with Crippen LogP contribution < -0.4 is 5.32 Å². The van der Waals surface area contributed by atoms with E-state index in [4.69, 9.17) is 23.2 Å². The van der Waals surface area contributed by atoms with Crippen LogP contribution in [0.25, 0.3) is 0 Å². The Hall–Kier alpha value is -2.75. The van der Waals surface area contributed by atoms with Crippen LogP contribution in [0.1, 0.15) is 40.1 Å². The molecular formula is C25H24Cl2F3N5O. The number of nitrogens with one attached hydrogen (secondary N) is 1. The largest absolute Gasteiger partial charge is 0.410 e. The van der Waals surface area contributed by atoms with Crippen molar-refractivity contribution in [2.45, 2.75) is 31.2 Å². The second kappa shape index (κ2) is 9.95. The van der Waals surface area contributed by atoms with Gasteiger partial charge in [0.1, 0.15) is 10.8 Å². The number of nitrogens with zero attached hydrogens (tertiary/aromatic N) is 4. The fourth-order valence-electron chi connectivity index (χ4n) is 4.74. The minimum atomic E-state index is -4.57. The third kappa shape index (κ3) is 5.05. The molecule has 11 heteroatoms. The number of hydrogen-bond donors (Lipinski definition) is 1. The molecule has 0 bridgehead atoms. The van der Waals surface area contributed by atoms with Gasteiger partial charge in [-0.25, -0.2) is 4.68 Å². The topological polar surface area (TPSA) is 53.4 Å². The number of anilines is 1. The second-order valence-electron chi connectivity index (χ2n) is 9.05. The highest BCUT2D eigenvalue weighted by atomic mass is 35.5. The van der Waals surface area contributed by atoms with E-state index in [0.29, 0.717) is 36.8 Å². The van der Waals surface area contributed by atoms with Gasteiger partial charge in [-0.15, -0.1) is 0 Å². The molecule has 1 aromatic heterocycles. The molecule has 0 spiro atoms. The van der Waals surface area contributed by atoms with Gasteiger partial charge in [-0.3, -0.25) is 9.69 Å². The molecule has 6 nitrogen and oxygen atoms in total. The molecule has 3 aromatic rings. The number of carbonyl (C=O) groups excluding carboxylic acids is 1. The monoisotopic (exact) mass is 537 g/mol. The minimum Gasteiger partial charge on any atom is -0.362 e. The second-order valence-corrected chi connectivity index (χ2v) is 9.87. The molecule has 0 radical (unpaired) electrons. The quantitative estimate of drug-likeness (QED) is 0.456. The van der Waals surface area contributed by atoms with Crippen molar-refractivity contribution in [1.82, 2.24) is 19.6 Å². The van der Waals surface area contributed by atoms with Gasteiger partial charge in [0, 0.05) is 44.2 Å². The lowest BCUT2D eigenvalue weighted by Gasteiger charge is -2.34. The van der Waals surface area contributed by atoms with Crippen molar-refractivity contribution in [1.29, 1.82) is 0 Å². The average Bonchev–Trinajstić information content (AvgIpc) is 3.20. The van der Waals surface area contributed by atoms with Crippen LogP contribution in [0.4, 0.5) is 19.0 Å². The maximum atomic E-state index is 14.0. The first kappa shape index (κ1) is 24.9. The normalized spacial score (nSPS) is 20.6. The summed E-state index contributed by atoms with van der Waals surface area (Å²) in [5, 5.41) is 7.53. The van der Waals surface area contributed by atoms with Crippen LogP contribution in [0, 0.1) is 0 Å². The van der Waals surface area contributed by atoms with Crippen LogP contribution >= 0.6 is 23.2 Å². The van der Waals surface area contributed by atoms with E-state index in [9.17, 15) is 18.0 Å². The number of carbonyl (C=O) groups is 1. The van der Waals surface area contributed by atoms with Crippen LogP contribution in [0.2, 0.25) is 10.0 Å². The Bertz CT molecular complexity index is 1220. The van der Waals surface area contributed by atoms with Gasteiger partial charge in [0.2, 0.25) is 0 Å². The molecule has 1 saturated heterocycles. The number of hydrogen-bond acceptors (Lipinski definition) is 4. The first-order valence-corrected chi connectivity index (χ1v) is 12.4. The van der Waals surface area contributed by atoms with E-state index in [-0.39, 0.29) is 23.0 Å². The number of alkyl halides is 3. The van der Waals surface area contributed by atoms with Crippen LogP contribution in [0.15, 0.2) is 54.6 Å². The van der Waals surface area contributed by atoms with E-state index in [1.807, 2.05) is 30.3 Å². The van der Waals surface area contributed by atoms with Crippen LogP contribution in [-0.2, 0) is 6.54 Å². The minimum absolute atomic E-state index is 0.00347. The molecule has 1 amide bonds. The van der Waals surface area contributed by atoms with Gasteiger partial charge in [0.15, 0.2) is 11.7 Å². The summed E-state index contributed by atoms with van der Waals surface area (Å²) in [5.74, 6) is -0.469. The Labute approximate surface area is 216 Å². The number of aromatic nitrogens is 2. The van der Waals surface area contributed by atoms with Gasteiger partial charge in [0.05, 0.1) is 6.04 Å². The molecule has 190 valence electrons. The van der Waals surface area contributed by atoms with E-state index in [2.05, 4.69) is 15.3 Å². The Morgan fingerprint density at radius 1 is 1.00 bits per heavy atom.